The van der Waals surface area contributed by atoms with E-state index in [1.165, 1.54) is 4.57 Å². The average molecular weight is 286 g/mol. The van der Waals surface area contributed by atoms with Gasteiger partial charge in [0.1, 0.15) is 6.54 Å². The van der Waals surface area contributed by atoms with Crippen LogP contribution in [0.5, 0.6) is 0 Å². The summed E-state index contributed by atoms with van der Waals surface area (Å²) in [7, 11) is 0. The highest BCUT2D eigenvalue weighted by atomic mass is 32.1. The molecule has 0 bridgehead atoms. The molecule has 19 heavy (non-hydrogen) atoms. The Morgan fingerprint density at radius 2 is 2.16 bits per heavy atom. The zero-order valence-corrected chi connectivity index (χ0v) is 12.7. The zero-order valence-electron chi connectivity index (χ0n) is 11.9. The summed E-state index contributed by atoms with van der Waals surface area (Å²) in [4.78, 5) is 23.3. The third kappa shape index (κ3) is 5.16. The van der Waals surface area contributed by atoms with E-state index >= 15 is 0 Å². The highest BCUT2D eigenvalue weighted by molar-refractivity contribution is 7.07. The number of nitrogens with one attached hydrogen (secondary N) is 1. The van der Waals surface area contributed by atoms with Gasteiger partial charge >= 0.3 is 4.87 Å². The number of hydrogen-bond acceptors (Lipinski definition) is 4. The average Bonchev–Trinajstić information content (AvgIpc) is 2.58. The van der Waals surface area contributed by atoms with Crippen molar-refractivity contribution in [1.29, 1.82) is 0 Å². The Balaban J connectivity index is 2.62. The molecule has 0 aliphatic rings. The molecule has 6 heteroatoms. The second-order valence-electron chi connectivity index (χ2n) is 5.94. The second kappa shape index (κ2) is 6.34. The van der Waals surface area contributed by atoms with Gasteiger partial charge in [-0.15, -0.1) is 0 Å². The molecule has 0 aliphatic heterocycles. The standard InChI is InChI=1S/C13H22N2O3S/c1-9-8-19-12(18)15(9)6-11(17)14-10(7-16)5-13(2,3)4/h8,10,16H,5-7H2,1-4H3,(H,14,17). The quantitative estimate of drug-likeness (QED) is 0.852. The molecule has 0 aliphatic carbocycles. The number of aliphatic hydroxyl groups excluding tert-OH is 1. The summed E-state index contributed by atoms with van der Waals surface area (Å²) in [6.07, 6.45) is 0.687. The maximum Gasteiger partial charge on any atom is 0.307 e. The highest BCUT2D eigenvalue weighted by Crippen LogP contribution is 2.20. The number of amides is 1. The number of hydrogen-bond donors (Lipinski definition) is 2. The summed E-state index contributed by atoms with van der Waals surface area (Å²) in [6.45, 7) is 7.86. The Labute approximate surface area is 117 Å². The molecule has 1 amide bonds. The predicted molar refractivity (Wildman–Crippen MR) is 76.4 cm³/mol. The number of rotatable bonds is 5. The molecule has 1 rings (SSSR count). The molecule has 108 valence electrons. The molecular weight excluding hydrogens is 264 g/mol. The van der Waals surface area contributed by atoms with E-state index in [4.69, 9.17) is 0 Å². The summed E-state index contributed by atoms with van der Waals surface area (Å²) in [6, 6.07) is -0.276. The summed E-state index contributed by atoms with van der Waals surface area (Å²) in [5.74, 6) is -0.244. The molecule has 1 unspecified atom stereocenters. The lowest BCUT2D eigenvalue weighted by molar-refractivity contribution is -0.122. The van der Waals surface area contributed by atoms with Crippen molar-refractivity contribution >= 4 is 17.2 Å². The number of aliphatic hydroxyl groups is 1. The molecule has 1 aromatic rings. The summed E-state index contributed by atoms with van der Waals surface area (Å²) in [5.41, 5.74) is 0.803. The van der Waals surface area contributed by atoms with E-state index in [-0.39, 0.29) is 35.4 Å². The summed E-state index contributed by atoms with van der Waals surface area (Å²) < 4.78 is 1.44. The van der Waals surface area contributed by atoms with Crippen molar-refractivity contribution in [2.24, 2.45) is 5.41 Å². The molecule has 0 fully saturated rings. The van der Waals surface area contributed by atoms with E-state index in [0.29, 0.717) is 6.42 Å². The minimum Gasteiger partial charge on any atom is -0.394 e. The van der Waals surface area contributed by atoms with E-state index in [1.54, 1.807) is 12.3 Å². The number of nitrogens with zero attached hydrogens (tertiary/aromatic N) is 1. The van der Waals surface area contributed by atoms with Gasteiger partial charge in [0.25, 0.3) is 0 Å². The Morgan fingerprint density at radius 1 is 1.53 bits per heavy atom. The SMILES string of the molecule is Cc1csc(=O)n1CC(=O)NC(CO)CC(C)(C)C. The smallest absolute Gasteiger partial charge is 0.307 e. The summed E-state index contributed by atoms with van der Waals surface area (Å²) in [5, 5.41) is 13.8. The topological polar surface area (TPSA) is 71.3 Å². The lowest BCUT2D eigenvalue weighted by Gasteiger charge is -2.25. The van der Waals surface area contributed by atoms with Crippen LogP contribution < -0.4 is 10.2 Å². The molecule has 1 aromatic heterocycles. The first-order valence-electron chi connectivity index (χ1n) is 6.28. The molecular formula is C13H22N2O3S. The highest BCUT2D eigenvalue weighted by Gasteiger charge is 2.20. The van der Waals surface area contributed by atoms with E-state index in [2.05, 4.69) is 26.1 Å². The van der Waals surface area contributed by atoms with Crippen LogP contribution in [0.15, 0.2) is 10.2 Å². The first-order chi connectivity index (χ1) is 8.73. The van der Waals surface area contributed by atoms with Crippen molar-refractivity contribution in [3.8, 4) is 0 Å². The van der Waals surface area contributed by atoms with Crippen molar-refractivity contribution in [1.82, 2.24) is 9.88 Å². The van der Waals surface area contributed by atoms with Crippen LogP contribution in [-0.4, -0.2) is 28.2 Å². The van der Waals surface area contributed by atoms with Crippen LogP contribution >= 0.6 is 11.3 Å². The monoisotopic (exact) mass is 286 g/mol. The van der Waals surface area contributed by atoms with Gasteiger partial charge in [0, 0.05) is 11.1 Å². The fourth-order valence-corrected chi connectivity index (χ4v) is 2.65. The molecule has 1 heterocycles. The molecule has 0 saturated carbocycles. The predicted octanol–water partition coefficient (Wildman–Crippen LogP) is 1.13. The van der Waals surface area contributed by atoms with Crippen LogP contribution in [0.2, 0.25) is 0 Å². The first kappa shape index (κ1) is 15.9. The van der Waals surface area contributed by atoms with Gasteiger partial charge < -0.3 is 10.4 Å². The fraction of sp³-hybridized carbons (Fsp3) is 0.692. The largest absolute Gasteiger partial charge is 0.394 e. The summed E-state index contributed by atoms with van der Waals surface area (Å²) >= 11 is 1.09. The molecule has 2 N–H and O–H groups in total. The van der Waals surface area contributed by atoms with Gasteiger partial charge in [-0.25, -0.2) is 0 Å². The number of carbonyl (C=O) groups is 1. The van der Waals surface area contributed by atoms with Gasteiger partial charge in [0.2, 0.25) is 5.91 Å². The molecule has 1 atom stereocenters. The van der Waals surface area contributed by atoms with Crippen molar-refractivity contribution in [2.45, 2.75) is 46.7 Å². The number of aromatic nitrogens is 1. The molecule has 0 radical (unpaired) electrons. The van der Waals surface area contributed by atoms with Crippen molar-refractivity contribution in [3.05, 3.63) is 20.7 Å². The number of carbonyl (C=O) groups excluding carboxylic acids is 1. The number of thiazole rings is 1. The Hall–Kier alpha value is -1.14. The molecule has 5 nitrogen and oxygen atoms in total. The Bertz CT molecular complexity index is 485. The fourth-order valence-electron chi connectivity index (χ4n) is 1.91. The van der Waals surface area contributed by atoms with E-state index in [0.717, 1.165) is 17.0 Å². The molecule has 0 spiro atoms. The van der Waals surface area contributed by atoms with Crippen LogP contribution in [0.1, 0.15) is 32.9 Å². The van der Waals surface area contributed by atoms with Crippen molar-refractivity contribution in [3.63, 3.8) is 0 Å². The van der Waals surface area contributed by atoms with Gasteiger partial charge in [-0.2, -0.15) is 0 Å². The minimum absolute atomic E-state index is 0.00874. The van der Waals surface area contributed by atoms with E-state index in [1.807, 2.05) is 0 Å². The van der Waals surface area contributed by atoms with Crippen LogP contribution in [0.4, 0.5) is 0 Å². The third-order valence-electron chi connectivity index (χ3n) is 2.72. The van der Waals surface area contributed by atoms with E-state index < -0.39 is 0 Å². The Kier molecular flexibility index (Phi) is 5.31. The van der Waals surface area contributed by atoms with E-state index in [9.17, 15) is 14.7 Å². The molecule has 0 aromatic carbocycles. The lowest BCUT2D eigenvalue weighted by Crippen LogP contribution is -2.42. The van der Waals surface area contributed by atoms with Gasteiger partial charge in [0.15, 0.2) is 0 Å². The maximum absolute atomic E-state index is 11.9. The number of aryl methyl sites for hydroxylation is 1. The minimum atomic E-state index is -0.276. The van der Waals surface area contributed by atoms with Crippen LogP contribution in [0, 0.1) is 12.3 Å². The van der Waals surface area contributed by atoms with Gasteiger partial charge in [-0.05, 0) is 18.8 Å². The van der Waals surface area contributed by atoms with Gasteiger partial charge in [0.05, 0.1) is 12.6 Å². The third-order valence-corrected chi connectivity index (χ3v) is 3.60. The Morgan fingerprint density at radius 3 is 2.58 bits per heavy atom. The van der Waals surface area contributed by atoms with Gasteiger partial charge in [-0.1, -0.05) is 32.1 Å². The zero-order chi connectivity index (χ0) is 14.6. The first-order valence-corrected chi connectivity index (χ1v) is 7.16. The normalized spacial score (nSPS) is 13.3. The van der Waals surface area contributed by atoms with Crippen LogP contribution in [0.25, 0.3) is 0 Å². The van der Waals surface area contributed by atoms with Gasteiger partial charge in [-0.3, -0.25) is 14.2 Å². The second-order valence-corrected chi connectivity index (χ2v) is 6.76. The van der Waals surface area contributed by atoms with Crippen LogP contribution in [-0.2, 0) is 11.3 Å². The lowest BCUT2D eigenvalue weighted by atomic mass is 9.88. The van der Waals surface area contributed by atoms with Crippen molar-refractivity contribution < 1.29 is 9.90 Å². The maximum atomic E-state index is 11.9. The van der Waals surface area contributed by atoms with Crippen molar-refractivity contribution in [2.75, 3.05) is 6.61 Å². The molecule has 0 saturated heterocycles. The van der Waals surface area contributed by atoms with Crippen LogP contribution in [0.3, 0.4) is 0 Å².